The summed E-state index contributed by atoms with van der Waals surface area (Å²) in [5.41, 5.74) is 13.9. The zero-order chi connectivity index (χ0) is 23.7. The number of hydrogen-bond donors (Lipinski definition) is 5. The van der Waals surface area contributed by atoms with Gasteiger partial charge in [0, 0.05) is 55.3 Å². The zero-order valence-corrected chi connectivity index (χ0v) is 19.3. The van der Waals surface area contributed by atoms with Gasteiger partial charge >= 0.3 is 0 Å². The van der Waals surface area contributed by atoms with Gasteiger partial charge in [-0.1, -0.05) is 44.7 Å². The van der Waals surface area contributed by atoms with Crippen molar-refractivity contribution in [3.8, 4) is 11.1 Å². The number of nitrogens with zero attached hydrogens (tertiary/aromatic N) is 1. The Labute approximate surface area is 190 Å². The quantitative estimate of drug-likeness (QED) is 0.318. The summed E-state index contributed by atoms with van der Waals surface area (Å²) in [7, 11) is 0. The molecule has 32 heavy (non-hydrogen) atoms. The number of nitrogens with one attached hydrogen (secondary N) is 2. The van der Waals surface area contributed by atoms with E-state index in [0.717, 1.165) is 34.5 Å². The van der Waals surface area contributed by atoms with Crippen molar-refractivity contribution in [3.05, 3.63) is 77.5 Å². The molecule has 0 amide bonds. The van der Waals surface area contributed by atoms with Gasteiger partial charge < -0.3 is 26.5 Å². The van der Waals surface area contributed by atoms with Crippen LogP contribution in [0.15, 0.2) is 60.6 Å². The summed E-state index contributed by atoms with van der Waals surface area (Å²) >= 11 is 0. The fourth-order valence-electron chi connectivity index (χ4n) is 3.77. The Morgan fingerprint density at radius 3 is 2.53 bits per heavy atom. The predicted molar refractivity (Wildman–Crippen MR) is 131 cm³/mol. The van der Waals surface area contributed by atoms with E-state index >= 15 is 0 Å². The Kier molecular flexibility index (Phi) is 9.71. The van der Waals surface area contributed by atoms with Crippen molar-refractivity contribution in [1.82, 2.24) is 10.7 Å². The van der Waals surface area contributed by atoms with Crippen molar-refractivity contribution in [2.24, 2.45) is 17.5 Å². The van der Waals surface area contributed by atoms with Crippen molar-refractivity contribution in [2.75, 3.05) is 24.6 Å². The van der Waals surface area contributed by atoms with Crippen LogP contribution < -0.4 is 27.2 Å². The minimum absolute atomic E-state index is 0.114. The normalized spacial score (nSPS) is 16.1. The van der Waals surface area contributed by atoms with Crippen molar-refractivity contribution in [3.63, 3.8) is 0 Å². The lowest BCUT2D eigenvalue weighted by atomic mass is 10.00. The molecule has 6 nitrogen and oxygen atoms in total. The Bertz CT molecular complexity index is 927. The molecule has 3 rings (SSSR count). The molecule has 0 aromatic heterocycles. The van der Waals surface area contributed by atoms with Gasteiger partial charge in [-0.3, -0.25) is 5.84 Å². The number of nitrogens with two attached hydrogens (primary N) is 2. The smallest absolute Gasteiger partial charge is 0.133 e. The molecular formula is C25H36FN5O. The lowest BCUT2D eigenvalue weighted by Gasteiger charge is -2.23. The van der Waals surface area contributed by atoms with E-state index in [9.17, 15) is 9.50 Å². The molecule has 2 aromatic carbocycles. The summed E-state index contributed by atoms with van der Waals surface area (Å²) in [5.74, 6) is 5.23. The Hall–Kier alpha value is -2.87. The molecule has 1 aliphatic rings. The van der Waals surface area contributed by atoms with Crippen molar-refractivity contribution in [2.45, 2.75) is 33.7 Å². The minimum Gasteiger partial charge on any atom is -0.403 e. The number of hydrazine groups is 1. The number of allylic oxidation sites excluding steroid dienone is 1. The van der Waals surface area contributed by atoms with E-state index in [2.05, 4.69) is 17.3 Å². The van der Waals surface area contributed by atoms with E-state index in [1.165, 1.54) is 6.20 Å². The summed E-state index contributed by atoms with van der Waals surface area (Å²) in [5, 5.41) is 12.7. The van der Waals surface area contributed by atoms with Crippen LogP contribution in [0.2, 0.25) is 0 Å². The topological polar surface area (TPSA) is 99.6 Å². The fourth-order valence-corrected chi connectivity index (χ4v) is 3.77. The van der Waals surface area contributed by atoms with E-state index < -0.39 is 0 Å². The first-order chi connectivity index (χ1) is 15.5. The summed E-state index contributed by atoms with van der Waals surface area (Å²) in [6.07, 6.45) is 2.16. The summed E-state index contributed by atoms with van der Waals surface area (Å²) in [4.78, 5) is 2.01. The number of aliphatic hydroxyl groups excluding tert-OH is 1. The SMILES string of the molecule is C=C1CC(CO)CN1c1cc(F)c(-c2ccc(CNC/C(=C/N)NN)cc2)cc1C.CC. The number of halogens is 1. The first-order valence-corrected chi connectivity index (χ1v) is 11.0. The molecule has 7 N–H and O–H groups in total. The van der Waals surface area contributed by atoms with Crippen LogP contribution in [0.25, 0.3) is 11.1 Å². The fraction of sp³-hybridized carbons (Fsp3) is 0.360. The number of benzene rings is 2. The molecule has 0 bridgehead atoms. The van der Waals surface area contributed by atoms with Crippen LogP contribution in [0.5, 0.6) is 0 Å². The van der Waals surface area contributed by atoms with Crippen molar-refractivity contribution < 1.29 is 9.50 Å². The maximum absolute atomic E-state index is 15.0. The lowest BCUT2D eigenvalue weighted by molar-refractivity contribution is 0.240. The molecule has 1 unspecified atom stereocenters. The van der Waals surface area contributed by atoms with Gasteiger partial charge in [0.15, 0.2) is 0 Å². The van der Waals surface area contributed by atoms with E-state index in [0.29, 0.717) is 30.9 Å². The van der Waals surface area contributed by atoms with E-state index in [-0.39, 0.29) is 18.3 Å². The number of aliphatic hydroxyl groups is 1. The number of aryl methyl sites for hydroxylation is 1. The van der Waals surface area contributed by atoms with Crippen molar-refractivity contribution in [1.29, 1.82) is 0 Å². The Morgan fingerprint density at radius 1 is 1.28 bits per heavy atom. The lowest BCUT2D eigenvalue weighted by Crippen LogP contribution is -2.30. The molecule has 1 heterocycles. The summed E-state index contributed by atoms with van der Waals surface area (Å²) < 4.78 is 15.0. The third-order valence-corrected chi connectivity index (χ3v) is 5.48. The first-order valence-electron chi connectivity index (χ1n) is 11.0. The number of hydrogen-bond acceptors (Lipinski definition) is 6. The molecular weight excluding hydrogens is 405 g/mol. The third-order valence-electron chi connectivity index (χ3n) is 5.48. The highest BCUT2D eigenvalue weighted by molar-refractivity contribution is 5.71. The third kappa shape index (κ3) is 6.09. The van der Waals surface area contributed by atoms with Crippen molar-refractivity contribution >= 4 is 5.69 Å². The highest BCUT2D eigenvalue weighted by atomic mass is 19.1. The molecule has 1 saturated heterocycles. The van der Waals surface area contributed by atoms with Crippen LogP contribution in [0, 0.1) is 18.7 Å². The van der Waals surface area contributed by atoms with Crippen LogP contribution in [0.1, 0.15) is 31.4 Å². The molecule has 1 aliphatic heterocycles. The Morgan fingerprint density at radius 2 is 1.97 bits per heavy atom. The largest absolute Gasteiger partial charge is 0.403 e. The van der Waals surface area contributed by atoms with Gasteiger partial charge in [0.05, 0.1) is 5.70 Å². The van der Waals surface area contributed by atoms with Gasteiger partial charge in [0.2, 0.25) is 0 Å². The predicted octanol–water partition coefficient (Wildman–Crippen LogP) is 3.51. The summed E-state index contributed by atoms with van der Waals surface area (Å²) in [6, 6.07) is 11.2. The summed E-state index contributed by atoms with van der Waals surface area (Å²) in [6.45, 7) is 12.0. The van der Waals surface area contributed by atoms with Crippen LogP contribution in [-0.4, -0.2) is 24.8 Å². The van der Waals surface area contributed by atoms with Gasteiger partial charge in [-0.05, 0) is 42.2 Å². The highest BCUT2D eigenvalue weighted by Gasteiger charge is 2.27. The minimum atomic E-state index is -0.270. The molecule has 7 heteroatoms. The number of anilines is 1. The number of rotatable bonds is 8. The molecule has 0 saturated carbocycles. The maximum Gasteiger partial charge on any atom is 0.133 e. The van der Waals surface area contributed by atoms with E-state index in [4.69, 9.17) is 11.6 Å². The monoisotopic (exact) mass is 441 g/mol. The molecule has 1 atom stereocenters. The first kappa shape index (κ1) is 25.4. The second kappa shape index (κ2) is 12.2. The van der Waals surface area contributed by atoms with Crippen LogP contribution >= 0.6 is 0 Å². The average Bonchev–Trinajstić information content (AvgIpc) is 3.20. The van der Waals surface area contributed by atoms with Gasteiger partial charge in [0.1, 0.15) is 5.82 Å². The van der Waals surface area contributed by atoms with Gasteiger partial charge in [-0.15, -0.1) is 0 Å². The molecule has 0 spiro atoms. The molecule has 0 aliphatic carbocycles. The van der Waals surface area contributed by atoms with Crippen LogP contribution in [-0.2, 0) is 6.54 Å². The second-order valence-corrected chi connectivity index (χ2v) is 7.68. The van der Waals surface area contributed by atoms with E-state index in [1.807, 2.05) is 56.0 Å². The van der Waals surface area contributed by atoms with Crippen LogP contribution in [0.3, 0.4) is 0 Å². The van der Waals surface area contributed by atoms with Gasteiger partial charge in [0.25, 0.3) is 0 Å². The maximum atomic E-state index is 15.0. The molecule has 174 valence electrons. The second-order valence-electron chi connectivity index (χ2n) is 7.68. The van der Waals surface area contributed by atoms with Gasteiger partial charge in [-0.2, -0.15) is 0 Å². The molecule has 1 fully saturated rings. The van der Waals surface area contributed by atoms with Crippen LogP contribution in [0.4, 0.5) is 10.1 Å². The standard InChI is InChI=1S/C23H30FN5O.C2H6/c1-15-7-21(22(24)9-23(15)29-13-18(14-30)8-16(29)2)19-5-3-17(4-6-19)11-27-12-20(10-25)28-26;1-2/h3-7,9-10,18,27-28,30H,2,8,11-14,25-26H2,1H3;1-2H3/b20-10-;. The highest BCUT2D eigenvalue weighted by Crippen LogP contribution is 2.36. The zero-order valence-electron chi connectivity index (χ0n) is 19.3. The van der Waals surface area contributed by atoms with E-state index in [1.54, 1.807) is 6.07 Å². The Balaban J connectivity index is 0.00000176. The van der Waals surface area contributed by atoms with Gasteiger partial charge in [-0.25, -0.2) is 4.39 Å². The average molecular weight is 442 g/mol. The molecule has 0 radical (unpaired) electrons. The molecule has 2 aromatic rings.